The van der Waals surface area contributed by atoms with Gasteiger partial charge in [0.05, 0.1) is 0 Å². The van der Waals surface area contributed by atoms with Gasteiger partial charge in [-0.3, -0.25) is 9.69 Å². The molecule has 0 atom stereocenters. The Hall–Kier alpha value is -1.84. The Morgan fingerprint density at radius 1 is 0.960 bits per heavy atom. The number of fused-ring (bicyclic) bond motifs is 1. The van der Waals surface area contributed by atoms with E-state index in [1.807, 2.05) is 17.0 Å². The molecular formula is C21H23ClN2O. The minimum absolute atomic E-state index is 0.102. The molecule has 0 saturated carbocycles. The van der Waals surface area contributed by atoms with Crippen LogP contribution in [0.3, 0.4) is 0 Å². The second-order valence-corrected chi connectivity index (χ2v) is 7.46. The van der Waals surface area contributed by atoms with Crippen LogP contribution >= 0.6 is 11.6 Å². The summed E-state index contributed by atoms with van der Waals surface area (Å²) in [5.74, 6) is 0.102. The van der Waals surface area contributed by atoms with Crippen LogP contribution in [0.5, 0.6) is 0 Å². The number of piperidine rings is 1. The fraction of sp³-hybridized carbons (Fsp3) is 0.381. The lowest BCUT2D eigenvalue weighted by Crippen LogP contribution is -2.48. The summed E-state index contributed by atoms with van der Waals surface area (Å²) >= 11 is 6.02. The molecule has 0 unspecified atom stereocenters. The van der Waals surface area contributed by atoms with E-state index >= 15 is 0 Å². The molecule has 2 aliphatic rings. The predicted octanol–water partition coefficient (Wildman–Crippen LogP) is 4.00. The summed E-state index contributed by atoms with van der Waals surface area (Å²) < 4.78 is 0. The van der Waals surface area contributed by atoms with E-state index < -0.39 is 0 Å². The van der Waals surface area contributed by atoms with E-state index in [1.54, 1.807) is 12.1 Å². The number of rotatable bonds is 2. The van der Waals surface area contributed by atoms with Gasteiger partial charge in [-0.05, 0) is 48.6 Å². The number of carbonyl (C=O) groups is 1. The first-order chi connectivity index (χ1) is 12.2. The van der Waals surface area contributed by atoms with E-state index in [1.165, 1.54) is 11.1 Å². The minimum Gasteiger partial charge on any atom is -0.339 e. The molecule has 0 aliphatic carbocycles. The van der Waals surface area contributed by atoms with Crippen molar-refractivity contribution in [1.29, 1.82) is 0 Å². The third-order valence-corrected chi connectivity index (χ3v) is 5.73. The van der Waals surface area contributed by atoms with Crippen LogP contribution in [0.15, 0.2) is 48.5 Å². The van der Waals surface area contributed by atoms with Crippen molar-refractivity contribution < 1.29 is 4.79 Å². The Labute approximate surface area is 154 Å². The molecule has 0 aromatic heterocycles. The van der Waals surface area contributed by atoms with Crippen molar-refractivity contribution in [3.63, 3.8) is 0 Å². The number of likely N-dealkylation sites (tertiary alicyclic amines) is 1. The normalized spacial score (nSPS) is 18.8. The molecule has 2 aromatic rings. The van der Waals surface area contributed by atoms with Gasteiger partial charge in [-0.15, -0.1) is 0 Å². The molecule has 1 fully saturated rings. The maximum atomic E-state index is 12.7. The molecule has 4 heteroatoms. The van der Waals surface area contributed by atoms with E-state index in [0.29, 0.717) is 16.6 Å². The van der Waals surface area contributed by atoms with Crippen molar-refractivity contribution in [3.8, 4) is 0 Å². The lowest BCUT2D eigenvalue weighted by atomic mass is 9.95. The molecule has 0 N–H and O–H groups in total. The summed E-state index contributed by atoms with van der Waals surface area (Å²) in [6, 6.07) is 16.6. The Bertz CT molecular complexity index is 768. The molecule has 1 amide bonds. The van der Waals surface area contributed by atoms with Crippen LogP contribution in [0, 0.1) is 0 Å². The summed E-state index contributed by atoms with van der Waals surface area (Å²) in [4.78, 5) is 17.2. The van der Waals surface area contributed by atoms with Crippen molar-refractivity contribution in [3.05, 3.63) is 70.2 Å². The van der Waals surface area contributed by atoms with E-state index in [-0.39, 0.29) is 5.91 Å². The largest absolute Gasteiger partial charge is 0.339 e. The monoisotopic (exact) mass is 354 g/mol. The molecule has 0 bridgehead atoms. The van der Waals surface area contributed by atoms with Crippen LogP contribution in [-0.4, -0.2) is 41.4 Å². The van der Waals surface area contributed by atoms with Gasteiger partial charge >= 0.3 is 0 Å². The average molecular weight is 355 g/mol. The zero-order valence-corrected chi connectivity index (χ0v) is 15.1. The van der Waals surface area contributed by atoms with Crippen molar-refractivity contribution in [2.24, 2.45) is 0 Å². The van der Waals surface area contributed by atoms with Crippen LogP contribution in [-0.2, 0) is 13.0 Å². The fourth-order valence-corrected chi connectivity index (χ4v) is 4.26. The highest BCUT2D eigenvalue weighted by Crippen LogP contribution is 2.25. The summed E-state index contributed by atoms with van der Waals surface area (Å²) in [7, 11) is 0. The standard InChI is InChI=1S/C21H23ClN2O/c22-19-7-3-6-17(14-19)21(25)23-12-9-20(10-13-23)24-11-8-16-4-1-2-5-18(16)15-24/h1-7,14,20H,8-13,15H2. The van der Waals surface area contributed by atoms with Crippen molar-refractivity contribution >= 4 is 17.5 Å². The second-order valence-electron chi connectivity index (χ2n) is 7.02. The highest BCUT2D eigenvalue weighted by atomic mass is 35.5. The lowest BCUT2D eigenvalue weighted by Gasteiger charge is -2.40. The third kappa shape index (κ3) is 3.58. The van der Waals surface area contributed by atoms with Crippen molar-refractivity contribution in [2.45, 2.75) is 31.8 Å². The Kier molecular flexibility index (Phi) is 4.78. The van der Waals surface area contributed by atoms with Gasteiger partial charge in [0.1, 0.15) is 0 Å². The van der Waals surface area contributed by atoms with Gasteiger partial charge in [-0.1, -0.05) is 41.9 Å². The molecular weight excluding hydrogens is 332 g/mol. The average Bonchev–Trinajstić information content (AvgIpc) is 2.67. The molecule has 1 saturated heterocycles. The van der Waals surface area contributed by atoms with Gasteiger partial charge in [0.2, 0.25) is 0 Å². The molecule has 0 spiro atoms. The van der Waals surface area contributed by atoms with Crippen LogP contribution < -0.4 is 0 Å². The molecule has 2 aromatic carbocycles. The first-order valence-electron chi connectivity index (χ1n) is 9.06. The second kappa shape index (κ2) is 7.19. The van der Waals surface area contributed by atoms with Crippen LogP contribution in [0.4, 0.5) is 0 Å². The maximum Gasteiger partial charge on any atom is 0.253 e. The van der Waals surface area contributed by atoms with Gasteiger partial charge in [0.15, 0.2) is 0 Å². The van der Waals surface area contributed by atoms with E-state index in [0.717, 1.165) is 45.4 Å². The van der Waals surface area contributed by atoms with Crippen molar-refractivity contribution in [1.82, 2.24) is 9.80 Å². The van der Waals surface area contributed by atoms with Gasteiger partial charge in [0, 0.05) is 42.8 Å². The third-order valence-electron chi connectivity index (χ3n) is 5.50. The summed E-state index contributed by atoms with van der Waals surface area (Å²) in [5, 5.41) is 0.618. The summed E-state index contributed by atoms with van der Waals surface area (Å²) in [6.07, 6.45) is 3.24. The van der Waals surface area contributed by atoms with E-state index in [4.69, 9.17) is 11.6 Å². The van der Waals surface area contributed by atoms with Gasteiger partial charge in [-0.25, -0.2) is 0 Å². The van der Waals surface area contributed by atoms with Gasteiger partial charge in [0.25, 0.3) is 5.91 Å². The lowest BCUT2D eigenvalue weighted by molar-refractivity contribution is 0.0599. The molecule has 3 nitrogen and oxygen atoms in total. The van der Waals surface area contributed by atoms with E-state index in [2.05, 4.69) is 29.2 Å². The predicted molar refractivity (Wildman–Crippen MR) is 101 cm³/mol. The fourth-order valence-electron chi connectivity index (χ4n) is 4.07. The molecule has 0 radical (unpaired) electrons. The quantitative estimate of drug-likeness (QED) is 0.813. The van der Waals surface area contributed by atoms with Crippen LogP contribution in [0.25, 0.3) is 0 Å². The molecule has 4 rings (SSSR count). The Morgan fingerprint density at radius 3 is 2.48 bits per heavy atom. The highest BCUT2D eigenvalue weighted by molar-refractivity contribution is 6.30. The number of amides is 1. The molecule has 2 heterocycles. The zero-order valence-electron chi connectivity index (χ0n) is 14.3. The number of hydrogen-bond donors (Lipinski definition) is 0. The SMILES string of the molecule is O=C(c1cccc(Cl)c1)N1CCC(N2CCc3ccccc3C2)CC1. The minimum atomic E-state index is 0.102. The summed E-state index contributed by atoms with van der Waals surface area (Å²) in [6.45, 7) is 3.83. The smallest absolute Gasteiger partial charge is 0.253 e. The number of benzene rings is 2. The van der Waals surface area contributed by atoms with Crippen molar-refractivity contribution in [2.75, 3.05) is 19.6 Å². The number of carbonyl (C=O) groups excluding carboxylic acids is 1. The van der Waals surface area contributed by atoms with Crippen LogP contribution in [0.2, 0.25) is 5.02 Å². The molecule has 25 heavy (non-hydrogen) atoms. The number of nitrogens with zero attached hydrogens (tertiary/aromatic N) is 2. The maximum absolute atomic E-state index is 12.7. The topological polar surface area (TPSA) is 23.6 Å². The van der Waals surface area contributed by atoms with Gasteiger partial charge in [-0.2, -0.15) is 0 Å². The first kappa shape index (κ1) is 16.6. The molecule has 130 valence electrons. The number of halogens is 1. The number of hydrogen-bond acceptors (Lipinski definition) is 2. The van der Waals surface area contributed by atoms with Crippen LogP contribution in [0.1, 0.15) is 34.3 Å². The van der Waals surface area contributed by atoms with Gasteiger partial charge < -0.3 is 4.90 Å². The highest BCUT2D eigenvalue weighted by Gasteiger charge is 2.29. The first-order valence-corrected chi connectivity index (χ1v) is 9.44. The zero-order chi connectivity index (χ0) is 17.2. The van der Waals surface area contributed by atoms with E-state index in [9.17, 15) is 4.79 Å². The Morgan fingerprint density at radius 2 is 1.72 bits per heavy atom. The summed E-state index contributed by atoms with van der Waals surface area (Å²) in [5.41, 5.74) is 3.65. The Balaban J connectivity index is 1.37. The molecule has 2 aliphatic heterocycles.